The van der Waals surface area contributed by atoms with E-state index in [1.54, 1.807) is 0 Å². The number of nitrogens with two attached hydrogens (primary N) is 1. The van der Waals surface area contributed by atoms with Gasteiger partial charge in [-0.2, -0.15) is 0 Å². The molecule has 1 unspecified atom stereocenters. The third-order valence-corrected chi connectivity index (χ3v) is 3.56. The fourth-order valence-electron chi connectivity index (χ4n) is 2.64. The van der Waals surface area contributed by atoms with Crippen molar-refractivity contribution in [2.45, 2.75) is 24.8 Å². The van der Waals surface area contributed by atoms with Gasteiger partial charge in [0.2, 0.25) is 0 Å². The van der Waals surface area contributed by atoms with Crippen molar-refractivity contribution >= 4 is 17.6 Å². The molecule has 3 amide bonds. The largest absolute Gasteiger partial charge is 0.399 e. The van der Waals surface area contributed by atoms with E-state index in [0.29, 0.717) is 12.8 Å². The second-order valence-electron chi connectivity index (χ2n) is 4.70. The number of carbonyl (C=O) groups excluding carboxylic acids is 2. The first-order chi connectivity index (χ1) is 8.09. The lowest BCUT2D eigenvalue weighted by Crippen LogP contribution is -2.51. The molecule has 1 atom stereocenters. The van der Waals surface area contributed by atoms with Gasteiger partial charge in [0.1, 0.15) is 5.54 Å². The third kappa shape index (κ3) is 1.46. The van der Waals surface area contributed by atoms with Crippen molar-refractivity contribution in [2.24, 2.45) is 0 Å². The highest BCUT2D eigenvalue weighted by molar-refractivity contribution is 6.07. The maximum Gasteiger partial charge on any atom is 0.322 e. The molecule has 5 heteroatoms. The predicted octanol–water partition coefficient (Wildman–Crippen LogP) is 0.336. The van der Waals surface area contributed by atoms with Crippen molar-refractivity contribution in [2.75, 3.05) is 5.73 Å². The number of carbonyl (C=O) groups is 2. The molecule has 1 aromatic rings. The number of aryl methyl sites for hydroxylation is 1. The zero-order valence-electron chi connectivity index (χ0n) is 9.25. The summed E-state index contributed by atoms with van der Waals surface area (Å²) in [5.74, 6) is -0.218. The number of amides is 3. The van der Waals surface area contributed by atoms with Crippen molar-refractivity contribution < 1.29 is 9.59 Å². The van der Waals surface area contributed by atoms with Crippen LogP contribution in [0.15, 0.2) is 18.2 Å². The number of nitrogens with one attached hydrogen (secondary N) is 2. The van der Waals surface area contributed by atoms with Crippen LogP contribution in [0.5, 0.6) is 0 Å². The van der Waals surface area contributed by atoms with Crippen LogP contribution < -0.4 is 16.4 Å². The lowest BCUT2D eigenvalue weighted by Gasteiger charge is -2.31. The molecule has 1 aromatic carbocycles. The minimum absolute atomic E-state index is 0.218. The Labute approximate surface area is 98.4 Å². The van der Waals surface area contributed by atoms with Crippen LogP contribution in [0, 0.1) is 0 Å². The molecule has 88 valence electrons. The Morgan fingerprint density at radius 2 is 2.06 bits per heavy atom. The molecule has 1 spiro atoms. The van der Waals surface area contributed by atoms with Crippen molar-refractivity contribution in [3.8, 4) is 0 Å². The third-order valence-electron chi connectivity index (χ3n) is 3.56. The van der Waals surface area contributed by atoms with E-state index in [0.717, 1.165) is 17.7 Å². The maximum absolute atomic E-state index is 11.8. The molecule has 0 radical (unpaired) electrons. The number of nitrogen functional groups attached to an aromatic ring is 1. The van der Waals surface area contributed by atoms with Gasteiger partial charge in [0, 0.05) is 12.1 Å². The van der Waals surface area contributed by atoms with Crippen LogP contribution in [-0.4, -0.2) is 17.5 Å². The smallest absolute Gasteiger partial charge is 0.322 e. The number of rotatable bonds is 0. The summed E-state index contributed by atoms with van der Waals surface area (Å²) in [6.45, 7) is 0. The Morgan fingerprint density at radius 1 is 1.24 bits per heavy atom. The van der Waals surface area contributed by atoms with Crippen LogP contribution in [-0.2, 0) is 17.6 Å². The summed E-state index contributed by atoms with van der Waals surface area (Å²) in [6.07, 6.45) is 1.93. The average molecular weight is 231 g/mol. The normalized spacial score (nSPS) is 26.6. The van der Waals surface area contributed by atoms with Gasteiger partial charge in [-0.3, -0.25) is 10.1 Å². The van der Waals surface area contributed by atoms with E-state index in [9.17, 15) is 9.59 Å². The van der Waals surface area contributed by atoms with Crippen molar-refractivity contribution in [1.82, 2.24) is 10.6 Å². The molecule has 2 aliphatic rings. The van der Waals surface area contributed by atoms with Gasteiger partial charge in [-0.25, -0.2) is 4.79 Å². The standard InChI is InChI=1S/C12H13N3O2/c13-9-2-1-8-6-12(4-3-7(8)5-9)10(16)14-11(17)15-12/h1-2,5H,3-4,6,13H2,(H2,14,15,16,17). The molecule has 1 saturated heterocycles. The first-order valence-electron chi connectivity index (χ1n) is 5.60. The van der Waals surface area contributed by atoms with E-state index in [2.05, 4.69) is 10.6 Å². The molecular weight excluding hydrogens is 218 g/mol. The minimum Gasteiger partial charge on any atom is -0.399 e. The molecule has 1 heterocycles. The van der Waals surface area contributed by atoms with E-state index in [-0.39, 0.29) is 5.91 Å². The van der Waals surface area contributed by atoms with Gasteiger partial charge < -0.3 is 11.1 Å². The van der Waals surface area contributed by atoms with E-state index >= 15 is 0 Å². The van der Waals surface area contributed by atoms with E-state index < -0.39 is 11.6 Å². The quantitative estimate of drug-likeness (QED) is 0.444. The van der Waals surface area contributed by atoms with Crippen molar-refractivity contribution in [3.05, 3.63) is 29.3 Å². The molecule has 1 aliphatic carbocycles. The average Bonchev–Trinajstić information content (AvgIpc) is 2.54. The Hall–Kier alpha value is -2.04. The lowest BCUT2D eigenvalue weighted by atomic mass is 9.78. The second-order valence-corrected chi connectivity index (χ2v) is 4.70. The topological polar surface area (TPSA) is 84.2 Å². The van der Waals surface area contributed by atoms with Gasteiger partial charge in [0.05, 0.1) is 0 Å². The Bertz CT molecular complexity index is 526. The van der Waals surface area contributed by atoms with Crippen LogP contribution in [0.1, 0.15) is 17.5 Å². The zero-order valence-corrected chi connectivity index (χ0v) is 9.25. The molecule has 1 fully saturated rings. The van der Waals surface area contributed by atoms with E-state index in [4.69, 9.17) is 5.73 Å². The summed E-state index contributed by atoms with van der Waals surface area (Å²) in [4.78, 5) is 23.0. The highest BCUT2D eigenvalue weighted by Crippen LogP contribution is 2.31. The summed E-state index contributed by atoms with van der Waals surface area (Å²) in [5.41, 5.74) is 7.97. The molecule has 5 nitrogen and oxygen atoms in total. The van der Waals surface area contributed by atoms with Gasteiger partial charge in [0.25, 0.3) is 5.91 Å². The molecule has 0 bridgehead atoms. The van der Waals surface area contributed by atoms with Crippen molar-refractivity contribution in [3.63, 3.8) is 0 Å². The molecule has 3 rings (SSSR count). The van der Waals surface area contributed by atoms with Gasteiger partial charge in [-0.1, -0.05) is 6.07 Å². The predicted molar refractivity (Wildman–Crippen MR) is 62.3 cm³/mol. The highest BCUT2D eigenvalue weighted by atomic mass is 16.2. The number of anilines is 1. The van der Waals surface area contributed by atoms with Crippen LogP contribution in [0.4, 0.5) is 10.5 Å². The van der Waals surface area contributed by atoms with Gasteiger partial charge >= 0.3 is 6.03 Å². The highest BCUT2D eigenvalue weighted by Gasteiger charge is 2.47. The van der Waals surface area contributed by atoms with Crippen LogP contribution in [0.2, 0.25) is 0 Å². The SMILES string of the molecule is Nc1ccc2c(c1)CCC1(C2)NC(=O)NC1=O. The van der Waals surface area contributed by atoms with Crippen LogP contribution >= 0.6 is 0 Å². The number of hydrogen-bond donors (Lipinski definition) is 3. The molecule has 17 heavy (non-hydrogen) atoms. The Balaban J connectivity index is 1.98. The van der Waals surface area contributed by atoms with Gasteiger partial charge in [-0.05, 0) is 36.1 Å². The molecule has 0 saturated carbocycles. The van der Waals surface area contributed by atoms with E-state index in [1.807, 2.05) is 18.2 Å². The maximum atomic E-state index is 11.8. The van der Waals surface area contributed by atoms with Gasteiger partial charge in [-0.15, -0.1) is 0 Å². The lowest BCUT2D eigenvalue weighted by molar-refractivity contribution is -0.124. The number of fused-ring (bicyclic) bond motifs is 1. The summed E-state index contributed by atoms with van der Waals surface area (Å²) in [6, 6.07) is 5.31. The molecular formula is C12H13N3O2. The van der Waals surface area contributed by atoms with Crippen molar-refractivity contribution in [1.29, 1.82) is 0 Å². The monoisotopic (exact) mass is 231 g/mol. The minimum atomic E-state index is -0.750. The fourth-order valence-corrected chi connectivity index (χ4v) is 2.64. The Kier molecular flexibility index (Phi) is 1.92. The van der Waals surface area contributed by atoms with E-state index in [1.165, 1.54) is 5.56 Å². The number of urea groups is 1. The molecule has 0 aromatic heterocycles. The zero-order chi connectivity index (χ0) is 12.0. The van der Waals surface area contributed by atoms with Gasteiger partial charge in [0.15, 0.2) is 0 Å². The Morgan fingerprint density at radius 3 is 2.76 bits per heavy atom. The van der Waals surface area contributed by atoms with Crippen LogP contribution in [0.3, 0.4) is 0 Å². The number of imide groups is 1. The fraction of sp³-hybridized carbons (Fsp3) is 0.333. The van der Waals surface area contributed by atoms with Crippen LogP contribution in [0.25, 0.3) is 0 Å². The number of hydrogen-bond acceptors (Lipinski definition) is 3. The second kappa shape index (κ2) is 3.23. The molecule has 1 aliphatic heterocycles. The summed E-state index contributed by atoms with van der Waals surface area (Å²) in [5, 5.41) is 5.05. The summed E-state index contributed by atoms with van der Waals surface area (Å²) >= 11 is 0. The summed E-state index contributed by atoms with van der Waals surface area (Å²) < 4.78 is 0. The summed E-state index contributed by atoms with van der Waals surface area (Å²) in [7, 11) is 0. The molecule has 4 N–H and O–H groups in total. The first kappa shape index (κ1) is 10.1. The number of benzene rings is 1. The first-order valence-corrected chi connectivity index (χ1v) is 5.60.